The summed E-state index contributed by atoms with van der Waals surface area (Å²) in [5.74, 6) is -1.69. The van der Waals surface area contributed by atoms with Gasteiger partial charge in [0.2, 0.25) is 0 Å². The van der Waals surface area contributed by atoms with E-state index in [-0.39, 0.29) is 33.4 Å². The molecular weight excluding hydrogens is 471 g/mol. The molecule has 2 aromatic carbocycles. The van der Waals surface area contributed by atoms with Crippen LogP contribution in [0, 0.1) is 0 Å². The molecule has 1 amide bonds. The molecule has 9 nitrogen and oxygen atoms in total. The van der Waals surface area contributed by atoms with E-state index in [9.17, 15) is 24.3 Å². The standard InChI is InChI=1S/C22H20Cl2N4O5/c1-3-28(2)18-17(19(29)20(18)30)27-15(22(32)33)8-11-4-6-12(7-5-11)26-21(31)16-13(23)9-25-10-14(16)24/h4-7,9-10,15,27H,3,8H2,1-2H3,(H,26,31)(H,32,33)/t15-/m0/s1. The third-order valence-corrected chi connectivity index (χ3v) is 5.66. The molecule has 0 aliphatic carbocycles. The Kier molecular flexibility index (Phi) is 7.35. The summed E-state index contributed by atoms with van der Waals surface area (Å²) < 4.78 is 0. The van der Waals surface area contributed by atoms with Gasteiger partial charge >= 0.3 is 5.97 Å². The molecule has 0 saturated carbocycles. The monoisotopic (exact) mass is 490 g/mol. The van der Waals surface area contributed by atoms with Crippen LogP contribution >= 0.6 is 23.2 Å². The molecule has 1 atom stereocenters. The highest BCUT2D eigenvalue weighted by Gasteiger charge is 2.28. The Bertz CT molecular complexity index is 1250. The maximum Gasteiger partial charge on any atom is 0.326 e. The van der Waals surface area contributed by atoms with Crippen molar-refractivity contribution in [3.05, 3.63) is 78.3 Å². The van der Waals surface area contributed by atoms with E-state index in [0.717, 1.165) is 0 Å². The van der Waals surface area contributed by atoms with E-state index in [2.05, 4.69) is 15.6 Å². The molecule has 0 spiro atoms. The number of rotatable bonds is 9. The van der Waals surface area contributed by atoms with Crippen LogP contribution in [0.3, 0.4) is 0 Å². The summed E-state index contributed by atoms with van der Waals surface area (Å²) >= 11 is 12.0. The van der Waals surface area contributed by atoms with Gasteiger partial charge < -0.3 is 20.6 Å². The maximum absolute atomic E-state index is 12.5. The topological polar surface area (TPSA) is 129 Å². The van der Waals surface area contributed by atoms with Gasteiger partial charge in [-0.1, -0.05) is 35.3 Å². The number of aromatic nitrogens is 1. The van der Waals surface area contributed by atoms with Crippen LogP contribution in [-0.2, 0) is 11.2 Å². The first-order valence-electron chi connectivity index (χ1n) is 9.87. The third-order valence-electron chi connectivity index (χ3n) is 5.09. The minimum absolute atomic E-state index is 0.00624. The summed E-state index contributed by atoms with van der Waals surface area (Å²) in [5, 5.41) is 15.2. The fourth-order valence-electron chi connectivity index (χ4n) is 3.19. The Morgan fingerprint density at radius 2 is 1.70 bits per heavy atom. The van der Waals surface area contributed by atoms with Crippen molar-refractivity contribution >= 4 is 52.1 Å². The lowest BCUT2D eigenvalue weighted by Crippen LogP contribution is -2.44. The molecule has 172 valence electrons. The average Bonchev–Trinajstić information content (AvgIpc) is 2.78. The number of carbonyl (C=O) groups excluding carboxylic acids is 1. The van der Waals surface area contributed by atoms with Crippen molar-refractivity contribution in [2.75, 3.05) is 29.1 Å². The quantitative estimate of drug-likeness (QED) is 0.390. The van der Waals surface area contributed by atoms with Crippen molar-refractivity contribution in [1.82, 2.24) is 4.98 Å². The largest absolute Gasteiger partial charge is 0.480 e. The number of hydrogen-bond donors (Lipinski definition) is 3. The van der Waals surface area contributed by atoms with Crippen molar-refractivity contribution in [2.24, 2.45) is 0 Å². The molecule has 0 fully saturated rings. The molecule has 0 aliphatic heterocycles. The van der Waals surface area contributed by atoms with E-state index < -0.39 is 28.8 Å². The molecule has 0 radical (unpaired) electrons. The summed E-state index contributed by atoms with van der Waals surface area (Å²) in [6.45, 7) is 2.30. The first-order valence-corrected chi connectivity index (χ1v) is 10.6. The van der Waals surface area contributed by atoms with Gasteiger partial charge in [0.05, 0.1) is 15.6 Å². The van der Waals surface area contributed by atoms with Gasteiger partial charge in [0.25, 0.3) is 16.8 Å². The smallest absolute Gasteiger partial charge is 0.326 e. The number of pyridine rings is 1. The lowest BCUT2D eigenvalue weighted by molar-refractivity contribution is -0.137. The van der Waals surface area contributed by atoms with Gasteiger partial charge in [-0.25, -0.2) is 4.79 Å². The fourth-order valence-corrected chi connectivity index (χ4v) is 3.73. The van der Waals surface area contributed by atoms with Crippen LogP contribution in [0.4, 0.5) is 17.1 Å². The predicted octanol–water partition coefficient (Wildman–Crippen LogP) is 2.80. The second-order valence-electron chi connectivity index (χ2n) is 7.26. The number of benzene rings is 1. The molecule has 3 aromatic rings. The zero-order chi connectivity index (χ0) is 24.3. The SMILES string of the molecule is CCN(C)c1c(N[C@@H](Cc2ccc(NC(=O)c3c(Cl)cncc3Cl)cc2)C(=O)O)c(=O)c1=O. The molecule has 33 heavy (non-hydrogen) atoms. The van der Waals surface area contributed by atoms with Crippen molar-refractivity contribution in [2.45, 2.75) is 19.4 Å². The number of aliphatic carboxylic acids is 1. The fraction of sp³-hybridized carbons (Fsp3) is 0.227. The number of halogens is 2. The van der Waals surface area contributed by atoms with Crippen LogP contribution in [-0.4, -0.2) is 41.6 Å². The molecule has 0 saturated heterocycles. The molecule has 3 rings (SSSR count). The Hall–Kier alpha value is -3.43. The predicted molar refractivity (Wildman–Crippen MR) is 128 cm³/mol. The van der Waals surface area contributed by atoms with Crippen molar-refractivity contribution in [3.8, 4) is 0 Å². The zero-order valence-corrected chi connectivity index (χ0v) is 19.2. The van der Waals surface area contributed by atoms with E-state index in [1.807, 2.05) is 6.92 Å². The molecule has 0 aliphatic rings. The second-order valence-corrected chi connectivity index (χ2v) is 8.08. The first-order chi connectivity index (χ1) is 15.6. The molecule has 1 heterocycles. The Morgan fingerprint density at radius 1 is 1.09 bits per heavy atom. The van der Waals surface area contributed by atoms with Crippen LogP contribution in [0.15, 0.2) is 46.2 Å². The van der Waals surface area contributed by atoms with Crippen LogP contribution < -0.4 is 26.4 Å². The number of hydrogen-bond acceptors (Lipinski definition) is 7. The van der Waals surface area contributed by atoms with Gasteiger partial charge in [-0.05, 0) is 24.6 Å². The summed E-state index contributed by atoms with van der Waals surface area (Å²) in [5.41, 5.74) is -0.0114. The highest BCUT2D eigenvalue weighted by molar-refractivity contribution is 6.40. The lowest BCUT2D eigenvalue weighted by Gasteiger charge is -2.24. The van der Waals surface area contributed by atoms with E-state index in [1.54, 1.807) is 36.2 Å². The van der Waals surface area contributed by atoms with E-state index in [4.69, 9.17) is 23.2 Å². The zero-order valence-electron chi connectivity index (χ0n) is 17.7. The molecular formula is C22H20Cl2N4O5. The number of nitrogens with one attached hydrogen (secondary N) is 2. The van der Waals surface area contributed by atoms with Gasteiger partial charge in [0, 0.05) is 38.1 Å². The molecule has 0 unspecified atom stereocenters. The van der Waals surface area contributed by atoms with Crippen LogP contribution in [0.25, 0.3) is 0 Å². The van der Waals surface area contributed by atoms with E-state index >= 15 is 0 Å². The highest BCUT2D eigenvalue weighted by atomic mass is 35.5. The minimum Gasteiger partial charge on any atom is -0.480 e. The molecule has 0 bridgehead atoms. The van der Waals surface area contributed by atoms with E-state index in [0.29, 0.717) is 17.8 Å². The van der Waals surface area contributed by atoms with Crippen molar-refractivity contribution in [3.63, 3.8) is 0 Å². The van der Waals surface area contributed by atoms with Crippen molar-refractivity contribution < 1.29 is 14.7 Å². The van der Waals surface area contributed by atoms with Crippen LogP contribution in [0.2, 0.25) is 10.0 Å². The lowest BCUT2D eigenvalue weighted by atomic mass is 10.0. The Balaban J connectivity index is 1.72. The van der Waals surface area contributed by atoms with Crippen LogP contribution in [0.5, 0.6) is 0 Å². The normalized spacial score (nSPS) is 11.8. The first kappa shape index (κ1) is 24.2. The third kappa shape index (κ3) is 5.15. The van der Waals surface area contributed by atoms with Gasteiger partial charge in [0.15, 0.2) is 0 Å². The highest BCUT2D eigenvalue weighted by Crippen LogP contribution is 2.25. The van der Waals surface area contributed by atoms with E-state index in [1.165, 1.54) is 12.4 Å². The van der Waals surface area contributed by atoms with Crippen molar-refractivity contribution in [1.29, 1.82) is 0 Å². The number of carbonyl (C=O) groups is 2. The van der Waals surface area contributed by atoms with Crippen LogP contribution in [0.1, 0.15) is 22.8 Å². The minimum atomic E-state index is -1.17. The number of carboxylic acids is 1. The van der Waals surface area contributed by atoms with Gasteiger partial charge in [0.1, 0.15) is 17.4 Å². The summed E-state index contributed by atoms with van der Waals surface area (Å²) in [7, 11) is 1.65. The summed E-state index contributed by atoms with van der Waals surface area (Å²) in [6.07, 6.45) is 2.66. The van der Waals surface area contributed by atoms with Gasteiger partial charge in [-0.15, -0.1) is 0 Å². The molecule has 1 aromatic heterocycles. The maximum atomic E-state index is 12.5. The number of anilines is 3. The average molecular weight is 491 g/mol. The van der Waals surface area contributed by atoms with Gasteiger partial charge in [-0.2, -0.15) is 0 Å². The summed E-state index contributed by atoms with van der Waals surface area (Å²) in [6, 6.07) is 5.35. The number of amides is 1. The summed E-state index contributed by atoms with van der Waals surface area (Å²) in [4.78, 5) is 53.5. The Morgan fingerprint density at radius 3 is 2.24 bits per heavy atom. The Labute approximate surface area is 198 Å². The second kappa shape index (κ2) is 10.0. The molecule has 11 heteroatoms. The van der Waals surface area contributed by atoms with Gasteiger partial charge in [-0.3, -0.25) is 19.4 Å². The number of nitrogens with zero attached hydrogens (tertiary/aromatic N) is 2. The molecule has 3 N–H and O–H groups in total. The number of carboxylic acid groups (broad SMARTS) is 1.